The molecule has 1 saturated carbocycles. The van der Waals surface area contributed by atoms with Gasteiger partial charge in [0.1, 0.15) is 29.5 Å². The lowest BCUT2D eigenvalue weighted by Gasteiger charge is -2.41. The van der Waals surface area contributed by atoms with E-state index in [1.54, 1.807) is 11.2 Å². The number of aryl methyl sites for hydroxylation is 1. The summed E-state index contributed by atoms with van der Waals surface area (Å²) >= 11 is 0. The molecule has 336 valence electrons. The quantitative estimate of drug-likeness (QED) is 0.195. The minimum Gasteiger partial charge on any atom is -0.488 e. The highest BCUT2D eigenvalue weighted by Crippen LogP contribution is 2.42. The molecule has 62 heavy (non-hydrogen) atoms. The Balaban J connectivity index is 0.00000151. The van der Waals surface area contributed by atoms with Gasteiger partial charge in [-0.05, 0) is 112 Å². The monoisotopic (exact) mass is 851 g/mol. The van der Waals surface area contributed by atoms with Crippen molar-refractivity contribution in [3.05, 3.63) is 70.7 Å². The molecule has 3 aromatic rings. The summed E-state index contributed by atoms with van der Waals surface area (Å²) in [4.78, 5) is 59.3. The Kier molecular flexibility index (Phi) is 12.4. The van der Waals surface area contributed by atoms with Gasteiger partial charge < -0.3 is 34.7 Å². The zero-order chi connectivity index (χ0) is 43.0. The van der Waals surface area contributed by atoms with E-state index in [4.69, 9.17) is 14.7 Å². The summed E-state index contributed by atoms with van der Waals surface area (Å²) in [6.07, 6.45) is 10.1. The van der Waals surface area contributed by atoms with Gasteiger partial charge in [0.05, 0.1) is 17.4 Å². The third-order valence-electron chi connectivity index (χ3n) is 14.5. The second kappa shape index (κ2) is 18.1. The molecule has 7 heterocycles. The number of carbonyl (C=O) groups excluding carboxylic acids is 3. The van der Waals surface area contributed by atoms with Crippen molar-refractivity contribution in [2.75, 3.05) is 80.7 Å². The first-order valence-corrected chi connectivity index (χ1v) is 23.6. The van der Waals surface area contributed by atoms with Crippen LogP contribution in [-0.4, -0.2) is 119 Å². The number of fused-ring (bicyclic) bond motifs is 2. The number of benzene rings is 2. The number of piperazine rings is 1. The van der Waals surface area contributed by atoms with Crippen molar-refractivity contribution >= 4 is 34.9 Å². The van der Waals surface area contributed by atoms with Crippen LogP contribution in [0.1, 0.15) is 121 Å². The van der Waals surface area contributed by atoms with E-state index in [-0.39, 0.29) is 38.6 Å². The summed E-state index contributed by atoms with van der Waals surface area (Å²) < 4.78 is 6.27. The number of amides is 3. The predicted octanol–water partition coefficient (Wildman–Crippen LogP) is 6.02. The van der Waals surface area contributed by atoms with E-state index >= 15 is 0 Å². The Labute approximate surface area is 370 Å². The molecule has 0 spiro atoms. The zero-order valence-electron chi connectivity index (χ0n) is 37.3. The number of imide groups is 1. The smallest absolute Gasteiger partial charge is 0.255 e. The van der Waals surface area contributed by atoms with Crippen LogP contribution in [0.2, 0.25) is 0 Å². The number of hydrogen-bond acceptors (Lipinski definition) is 12. The topological polar surface area (TPSA) is 139 Å². The molecule has 1 aliphatic carbocycles. The van der Waals surface area contributed by atoms with Gasteiger partial charge in [-0.15, -0.1) is 0 Å². The Bertz CT molecular complexity index is 2130. The molecule has 2 atom stereocenters. The van der Waals surface area contributed by atoms with E-state index in [0.29, 0.717) is 24.8 Å². The van der Waals surface area contributed by atoms with Crippen LogP contribution in [0.3, 0.4) is 0 Å². The number of nitrogens with zero attached hydrogens (tertiary/aromatic N) is 7. The third-order valence-corrected chi connectivity index (χ3v) is 14.5. The van der Waals surface area contributed by atoms with E-state index in [0.717, 1.165) is 117 Å². The minimum absolute atomic E-state index is 0. The molecule has 2 aromatic carbocycles. The number of rotatable bonds is 11. The second-order valence-corrected chi connectivity index (χ2v) is 18.7. The maximum absolute atomic E-state index is 13.5. The highest BCUT2D eigenvalue weighted by Gasteiger charge is 2.42. The maximum atomic E-state index is 13.5. The molecule has 1 aromatic heterocycles. The molecule has 6 aliphatic heterocycles. The fourth-order valence-electron chi connectivity index (χ4n) is 10.5. The summed E-state index contributed by atoms with van der Waals surface area (Å²) in [7, 11) is 0. The first kappa shape index (κ1) is 42.5. The van der Waals surface area contributed by atoms with Crippen molar-refractivity contribution in [3.8, 4) is 5.75 Å². The number of hydrazine groups is 1. The van der Waals surface area contributed by atoms with Gasteiger partial charge in [-0.25, -0.2) is 15.4 Å². The Morgan fingerprint density at radius 2 is 1.50 bits per heavy atom. The van der Waals surface area contributed by atoms with Crippen LogP contribution in [0.5, 0.6) is 5.75 Å². The van der Waals surface area contributed by atoms with Gasteiger partial charge in [0.15, 0.2) is 0 Å². The molecular formula is C48H70N10O4. The van der Waals surface area contributed by atoms with Crippen molar-refractivity contribution in [2.45, 2.75) is 110 Å². The van der Waals surface area contributed by atoms with E-state index in [1.807, 2.05) is 13.8 Å². The minimum atomic E-state index is -0.583. The molecule has 7 aliphatic rings. The molecule has 3 amide bonds. The number of nitrogens with one attached hydrogen (secondary N) is 3. The lowest BCUT2D eigenvalue weighted by Crippen LogP contribution is -2.52. The molecule has 3 N–H and O–H groups in total. The normalized spacial score (nSPS) is 24.3. The van der Waals surface area contributed by atoms with Crippen molar-refractivity contribution in [3.63, 3.8) is 0 Å². The van der Waals surface area contributed by atoms with Gasteiger partial charge in [-0.2, -0.15) is 0 Å². The highest BCUT2D eigenvalue weighted by atomic mass is 16.5. The van der Waals surface area contributed by atoms with E-state index in [9.17, 15) is 14.4 Å². The van der Waals surface area contributed by atoms with Crippen LogP contribution in [-0.2, 0) is 22.6 Å². The molecular weight excluding hydrogens is 781 g/mol. The Morgan fingerprint density at radius 3 is 2.15 bits per heavy atom. The van der Waals surface area contributed by atoms with Crippen LogP contribution in [0.15, 0.2) is 42.7 Å². The van der Waals surface area contributed by atoms with Gasteiger partial charge in [0.25, 0.3) is 5.91 Å². The average Bonchev–Trinajstić information content (AvgIpc) is 3.71. The summed E-state index contributed by atoms with van der Waals surface area (Å²) in [6.45, 7) is 19.7. The van der Waals surface area contributed by atoms with Gasteiger partial charge in [0.2, 0.25) is 11.8 Å². The van der Waals surface area contributed by atoms with Crippen LogP contribution >= 0.6 is 0 Å². The Morgan fingerprint density at radius 1 is 0.823 bits per heavy atom. The average molecular weight is 851 g/mol. The lowest BCUT2D eigenvalue weighted by atomic mass is 9.94. The number of carbonyl (C=O) groups is 3. The first-order valence-electron chi connectivity index (χ1n) is 23.6. The van der Waals surface area contributed by atoms with E-state index in [2.05, 4.69) is 86.0 Å². The standard InChI is InChI=1S/C46H60N10O4.C2H6.2H2/c1-3-32-22-34(23-33-28-56(45(59)42(32)33)39-6-7-41(57)49-44(39)58)54-14-8-30(9-15-54)26-52-18-20-53(21-19-52)27-31-10-16-55(17-11-31)40-25-38(47-29-48-40)43-36-24-35(60-46(2)12-13-46)4-5-37(36)50-51-43;1-2;;/h4-5,22-25,29-31,39,43,50-51H,3,6-21,26-28H2,1-2H3,(H,49,57,58);1-2H3;2*1H. The lowest BCUT2D eigenvalue weighted by molar-refractivity contribution is -0.136. The van der Waals surface area contributed by atoms with Crippen LogP contribution < -0.4 is 30.7 Å². The molecule has 5 fully saturated rings. The fourth-order valence-corrected chi connectivity index (χ4v) is 10.5. The SMILES string of the molecule is CC.CCc1cc(N2CCC(CN3CCN(CC4CCN(c5cc(C6NNc7ccc(OC8(C)CC8)cc76)ncn5)CC4)CC3)CC2)cc2c1C(=O)N(C1CCC(=O)NC1=O)C2.[HH].[HH]. The predicted molar refractivity (Wildman–Crippen MR) is 246 cm³/mol. The second-order valence-electron chi connectivity index (χ2n) is 18.7. The van der Waals surface area contributed by atoms with Gasteiger partial charge in [-0.1, -0.05) is 20.8 Å². The molecule has 2 unspecified atom stereocenters. The van der Waals surface area contributed by atoms with E-state index < -0.39 is 6.04 Å². The van der Waals surface area contributed by atoms with Crippen molar-refractivity contribution in [2.24, 2.45) is 11.8 Å². The summed E-state index contributed by atoms with van der Waals surface area (Å²) in [5, 5.41) is 2.42. The summed E-state index contributed by atoms with van der Waals surface area (Å²) in [6, 6.07) is 12.2. The zero-order valence-corrected chi connectivity index (χ0v) is 37.3. The highest BCUT2D eigenvalue weighted by molar-refractivity contribution is 6.06. The largest absolute Gasteiger partial charge is 0.488 e. The molecule has 0 radical (unpaired) electrons. The van der Waals surface area contributed by atoms with Crippen LogP contribution in [0.25, 0.3) is 0 Å². The van der Waals surface area contributed by atoms with Gasteiger partial charge >= 0.3 is 0 Å². The van der Waals surface area contributed by atoms with Crippen LogP contribution in [0.4, 0.5) is 17.2 Å². The molecule has 14 nitrogen and oxygen atoms in total. The fraction of sp³-hybridized carbons (Fsp3) is 0.604. The van der Waals surface area contributed by atoms with Crippen molar-refractivity contribution in [1.29, 1.82) is 0 Å². The number of ether oxygens (including phenoxy) is 1. The Hall–Kier alpha value is -4.79. The number of hydrogen-bond donors (Lipinski definition) is 3. The van der Waals surface area contributed by atoms with Crippen molar-refractivity contribution in [1.82, 2.24) is 35.4 Å². The summed E-state index contributed by atoms with van der Waals surface area (Å²) in [5.41, 5.74) is 14.0. The van der Waals surface area contributed by atoms with Gasteiger partial charge in [0, 0.05) is 104 Å². The number of anilines is 3. The number of aromatic nitrogens is 2. The summed E-state index contributed by atoms with van der Waals surface area (Å²) in [5.74, 6) is 2.65. The molecule has 0 bridgehead atoms. The van der Waals surface area contributed by atoms with Crippen LogP contribution in [0, 0.1) is 11.8 Å². The molecule has 10 rings (SSSR count). The van der Waals surface area contributed by atoms with Crippen molar-refractivity contribution < 1.29 is 22.0 Å². The molecule has 14 heteroatoms. The van der Waals surface area contributed by atoms with Gasteiger partial charge in [-0.3, -0.25) is 19.7 Å². The third kappa shape index (κ3) is 9.01. The van der Waals surface area contributed by atoms with E-state index in [1.165, 1.54) is 44.5 Å². The maximum Gasteiger partial charge on any atom is 0.255 e. The first-order chi connectivity index (χ1) is 30.2. The molecule has 4 saturated heterocycles. The number of piperidine rings is 3.